The molecule has 1 aromatic heterocycles. The van der Waals surface area contributed by atoms with Crippen molar-refractivity contribution in [2.75, 3.05) is 0 Å². The first-order chi connectivity index (χ1) is 9.94. The van der Waals surface area contributed by atoms with Crippen molar-refractivity contribution in [3.63, 3.8) is 0 Å². The summed E-state index contributed by atoms with van der Waals surface area (Å²) in [5.74, 6) is 0.238. The molecule has 0 atom stereocenters. The molecule has 0 aliphatic carbocycles. The highest BCUT2D eigenvalue weighted by Gasteiger charge is 2.08. The molecule has 0 spiro atoms. The number of nitrogens with zero attached hydrogens (tertiary/aromatic N) is 1. The van der Waals surface area contributed by atoms with Gasteiger partial charge in [0.15, 0.2) is 11.6 Å². The highest BCUT2D eigenvalue weighted by molar-refractivity contribution is 5.34. The Morgan fingerprint density at radius 3 is 2.67 bits per heavy atom. The smallest absolute Gasteiger partial charge is 0.219 e. The van der Waals surface area contributed by atoms with Gasteiger partial charge in [0.25, 0.3) is 0 Å². The Balaban J connectivity index is 2.21. The molecule has 0 aliphatic rings. The molecule has 2 rings (SSSR count). The van der Waals surface area contributed by atoms with Gasteiger partial charge in [-0.15, -0.1) is 0 Å². The number of pyridine rings is 1. The Hall–Kier alpha value is -1.94. The number of hydrogen-bond donors (Lipinski definition) is 1. The molecule has 0 bridgehead atoms. The first-order valence-corrected chi connectivity index (χ1v) is 7.09. The molecule has 0 amide bonds. The Labute approximate surface area is 125 Å². The first-order valence-electron chi connectivity index (χ1n) is 7.09. The lowest BCUT2D eigenvalue weighted by Crippen LogP contribution is -2.21. The number of benzene rings is 1. The van der Waals surface area contributed by atoms with Crippen molar-refractivity contribution in [3.05, 3.63) is 53.0 Å². The third-order valence-corrected chi connectivity index (χ3v) is 3.01. The molecule has 0 saturated heterocycles. The molecule has 1 aromatic carbocycles. The Morgan fingerprint density at radius 1 is 1.19 bits per heavy atom. The van der Waals surface area contributed by atoms with Gasteiger partial charge in [0.1, 0.15) is 0 Å². The van der Waals surface area contributed by atoms with Gasteiger partial charge in [-0.05, 0) is 43.2 Å². The Morgan fingerprint density at radius 2 is 1.95 bits per heavy atom. The predicted molar refractivity (Wildman–Crippen MR) is 82.2 cm³/mol. The maximum Gasteiger partial charge on any atom is 0.219 e. The highest BCUT2D eigenvalue weighted by Crippen LogP contribution is 2.25. The van der Waals surface area contributed by atoms with E-state index in [2.05, 4.69) is 24.1 Å². The number of aryl methyl sites for hydroxylation is 2. The molecule has 112 valence electrons. The van der Waals surface area contributed by atoms with Gasteiger partial charge < -0.3 is 10.1 Å². The maximum atomic E-state index is 13.7. The molecule has 0 saturated carbocycles. The predicted octanol–water partition coefficient (Wildman–Crippen LogP) is 4.13. The van der Waals surface area contributed by atoms with Gasteiger partial charge in [-0.3, -0.25) is 0 Å². The number of halogens is 1. The van der Waals surface area contributed by atoms with Crippen LogP contribution in [0.3, 0.4) is 0 Å². The third kappa shape index (κ3) is 4.53. The van der Waals surface area contributed by atoms with E-state index in [1.807, 2.05) is 26.0 Å². The number of rotatable bonds is 5. The molecule has 0 fully saturated rings. The molecule has 0 unspecified atom stereocenters. The number of ether oxygens (including phenoxy) is 1. The molecule has 21 heavy (non-hydrogen) atoms. The van der Waals surface area contributed by atoms with Crippen LogP contribution in [0.1, 0.15) is 30.7 Å². The zero-order chi connectivity index (χ0) is 15.4. The lowest BCUT2D eigenvalue weighted by atomic mass is 10.2. The van der Waals surface area contributed by atoms with Crippen LogP contribution >= 0.6 is 0 Å². The molecule has 0 radical (unpaired) electrons. The number of hydrogen-bond acceptors (Lipinski definition) is 3. The SMILES string of the molecule is Cc1ccc(F)c(Oc2cc(CNC(C)C)cc(C)n2)c1. The van der Waals surface area contributed by atoms with E-state index in [-0.39, 0.29) is 11.6 Å². The Bertz CT molecular complexity index is 626. The highest BCUT2D eigenvalue weighted by atomic mass is 19.1. The molecular formula is C17H21FN2O. The molecule has 0 aliphatic heterocycles. The van der Waals surface area contributed by atoms with Crippen LogP contribution in [0.15, 0.2) is 30.3 Å². The zero-order valence-corrected chi connectivity index (χ0v) is 12.9. The summed E-state index contributed by atoms with van der Waals surface area (Å²) in [6.45, 7) is 8.71. The van der Waals surface area contributed by atoms with E-state index >= 15 is 0 Å². The van der Waals surface area contributed by atoms with Gasteiger partial charge in [-0.1, -0.05) is 19.9 Å². The largest absolute Gasteiger partial charge is 0.436 e. The molecule has 1 N–H and O–H groups in total. The summed E-state index contributed by atoms with van der Waals surface area (Å²) in [6, 6.07) is 9.02. The minimum atomic E-state index is -0.384. The molecular weight excluding hydrogens is 267 g/mol. The first kappa shape index (κ1) is 15.4. The lowest BCUT2D eigenvalue weighted by Gasteiger charge is -2.11. The zero-order valence-electron chi connectivity index (χ0n) is 12.9. The summed E-state index contributed by atoms with van der Waals surface area (Å²) in [4.78, 5) is 4.31. The molecule has 1 heterocycles. The van der Waals surface area contributed by atoms with Crippen molar-refractivity contribution in [2.24, 2.45) is 0 Å². The van der Waals surface area contributed by atoms with Gasteiger partial charge in [-0.2, -0.15) is 0 Å². The van der Waals surface area contributed by atoms with Crippen LogP contribution in [0.5, 0.6) is 11.6 Å². The summed E-state index contributed by atoms with van der Waals surface area (Å²) < 4.78 is 19.3. The van der Waals surface area contributed by atoms with E-state index in [1.54, 1.807) is 12.1 Å². The lowest BCUT2D eigenvalue weighted by molar-refractivity contribution is 0.425. The fourth-order valence-electron chi connectivity index (χ4n) is 1.98. The van der Waals surface area contributed by atoms with E-state index in [0.717, 1.165) is 23.4 Å². The van der Waals surface area contributed by atoms with Crippen molar-refractivity contribution in [1.29, 1.82) is 0 Å². The van der Waals surface area contributed by atoms with Gasteiger partial charge in [0, 0.05) is 24.3 Å². The molecule has 3 nitrogen and oxygen atoms in total. The number of aromatic nitrogens is 1. The van der Waals surface area contributed by atoms with Gasteiger partial charge in [0.2, 0.25) is 5.88 Å². The van der Waals surface area contributed by atoms with Gasteiger partial charge in [-0.25, -0.2) is 9.37 Å². The van der Waals surface area contributed by atoms with Crippen LogP contribution in [0.4, 0.5) is 4.39 Å². The van der Waals surface area contributed by atoms with Crippen molar-refractivity contribution >= 4 is 0 Å². The van der Waals surface area contributed by atoms with Crippen molar-refractivity contribution < 1.29 is 9.13 Å². The average Bonchev–Trinajstić information content (AvgIpc) is 2.40. The summed E-state index contributed by atoms with van der Waals surface area (Å²) in [6.07, 6.45) is 0. The third-order valence-electron chi connectivity index (χ3n) is 3.01. The van der Waals surface area contributed by atoms with Crippen LogP contribution < -0.4 is 10.1 Å². The van der Waals surface area contributed by atoms with Crippen molar-refractivity contribution in [2.45, 2.75) is 40.3 Å². The summed E-state index contributed by atoms with van der Waals surface area (Å²) >= 11 is 0. The number of nitrogens with one attached hydrogen (secondary N) is 1. The summed E-state index contributed by atoms with van der Waals surface area (Å²) in [7, 11) is 0. The second-order valence-electron chi connectivity index (χ2n) is 5.53. The van der Waals surface area contributed by atoms with E-state index < -0.39 is 0 Å². The van der Waals surface area contributed by atoms with E-state index in [1.165, 1.54) is 6.07 Å². The minimum Gasteiger partial charge on any atom is -0.436 e. The van der Waals surface area contributed by atoms with Crippen molar-refractivity contribution in [3.8, 4) is 11.6 Å². The van der Waals surface area contributed by atoms with Crippen LogP contribution in [0.25, 0.3) is 0 Å². The quantitative estimate of drug-likeness (QED) is 0.898. The van der Waals surface area contributed by atoms with E-state index in [9.17, 15) is 4.39 Å². The molecule has 4 heteroatoms. The van der Waals surface area contributed by atoms with E-state index in [0.29, 0.717) is 11.9 Å². The monoisotopic (exact) mass is 288 g/mol. The van der Waals surface area contributed by atoms with Crippen LogP contribution in [0, 0.1) is 19.7 Å². The average molecular weight is 288 g/mol. The Kier molecular flexibility index (Phi) is 4.91. The second-order valence-corrected chi connectivity index (χ2v) is 5.53. The maximum absolute atomic E-state index is 13.7. The standard InChI is InChI=1S/C17H21FN2O/c1-11(2)19-10-14-8-13(4)20-17(9-14)21-16-7-12(3)5-6-15(16)18/h5-9,11,19H,10H2,1-4H3. The summed E-state index contributed by atoms with van der Waals surface area (Å²) in [5, 5.41) is 3.34. The fourth-order valence-corrected chi connectivity index (χ4v) is 1.98. The minimum absolute atomic E-state index is 0.205. The second kappa shape index (κ2) is 6.68. The van der Waals surface area contributed by atoms with E-state index in [4.69, 9.17) is 4.74 Å². The fraction of sp³-hybridized carbons (Fsp3) is 0.353. The van der Waals surface area contributed by atoms with Crippen LogP contribution in [-0.4, -0.2) is 11.0 Å². The normalized spacial score (nSPS) is 11.0. The summed E-state index contributed by atoms with van der Waals surface area (Å²) in [5.41, 5.74) is 2.86. The van der Waals surface area contributed by atoms with Crippen LogP contribution in [-0.2, 0) is 6.54 Å². The van der Waals surface area contributed by atoms with Crippen LogP contribution in [0.2, 0.25) is 0 Å². The topological polar surface area (TPSA) is 34.1 Å². The van der Waals surface area contributed by atoms with Gasteiger partial charge in [0.05, 0.1) is 0 Å². The van der Waals surface area contributed by atoms with Gasteiger partial charge >= 0.3 is 0 Å². The molecule has 2 aromatic rings. The van der Waals surface area contributed by atoms with Crippen molar-refractivity contribution in [1.82, 2.24) is 10.3 Å².